The number of anilines is 2. The molecule has 0 aliphatic carbocycles. The van der Waals surface area contributed by atoms with E-state index >= 15 is 0 Å². The lowest BCUT2D eigenvalue weighted by Gasteiger charge is -2.38. The summed E-state index contributed by atoms with van der Waals surface area (Å²) in [5.74, 6) is -0.00724. The van der Waals surface area contributed by atoms with E-state index in [9.17, 15) is 8.42 Å². The van der Waals surface area contributed by atoms with Gasteiger partial charge in [-0.3, -0.25) is 4.72 Å². The van der Waals surface area contributed by atoms with Crippen molar-refractivity contribution in [3.8, 4) is 0 Å². The molecule has 1 N–H and O–H groups in total. The third-order valence-electron chi connectivity index (χ3n) is 4.09. The van der Waals surface area contributed by atoms with E-state index in [1.54, 1.807) is 19.2 Å². The summed E-state index contributed by atoms with van der Waals surface area (Å²) in [6, 6.07) is 3.57. The second kappa shape index (κ2) is 6.02. The number of hydrogen-bond acceptors (Lipinski definition) is 6. The molecule has 2 aliphatic heterocycles. The van der Waals surface area contributed by atoms with Crippen LogP contribution in [0.3, 0.4) is 0 Å². The van der Waals surface area contributed by atoms with Crippen molar-refractivity contribution in [2.24, 2.45) is 0 Å². The van der Waals surface area contributed by atoms with Crippen molar-refractivity contribution in [3.05, 3.63) is 18.3 Å². The molecular formula is C14H21N3O4S. The molecule has 3 rings (SSSR count). The zero-order chi connectivity index (χ0) is 15.6. The standard InChI is InChI=1S/C14H21N3O4S/c1-2-22(18,19)16-13-4-3-12(11-15-13)17-7-5-14(6-8-17)20-9-10-21-14/h3-4,11H,2,5-10H2,1H3,(H,15,16). The topological polar surface area (TPSA) is 80.8 Å². The van der Waals surface area contributed by atoms with Gasteiger partial charge in [-0.25, -0.2) is 13.4 Å². The predicted octanol–water partition coefficient (Wildman–Crippen LogP) is 1.19. The Kier molecular flexibility index (Phi) is 4.24. The highest BCUT2D eigenvalue weighted by molar-refractivity contribution is 7.92. The van der Waals surface area contributed by atoms with Gasteiger partial charge in [-0.2, -0.15) is 0 Å². The highest BCUT2D eigenvalue weighted by Gasteiger charge is 2.39. The van der Waals surface area contributed by atoms with Gasteiger partial charge in [-0.15, -0.1) is 0 Å². The first kappa shape index (κ1) is 15.5. The Morgan fingerprint density at radius 3 is 2.50 bits per heavy atom. The monoisotopic (exact) mass is 327 g/mol. The Bertz CT molecular complexity index is 601. The van der Waals surface area contributed by atoms with E-state index < -0.39 is 10.0 Å². The molecule has 0 radical (unpaired) electrons. The Balaban J connectivity index is 1.62. The van der Waals surface area contributed by atoms with Gasteiger partial charge in [0, 0.05) is 25.9 Å². The number of pyridine rings is 1. The SMILES string of the molecule is CCS(=O)(=O)Nc1ccc(N2CCC3(CC2)OCCO3)cn1. The number of aromatic nitrogens is 1. The zero-order valence-corrected chi connectivity index (χ0v) is 13.4. The molecule has 22 heavy (non-hydrogen) atoms. The minimum atomic E-state index is -3.28. The number of rotatable bonds is 4. The molecule has 0 aromatic carbocycles. The van der Waals surface area contributed by atoms with Gasteiger partial charge in [-0.1, -0.05) is 0 Å². The molecule has 1 aromatic heterocycles. The fourth-order valence-electron chi connectivity index (χ4n) is 2.76. The predicted molar refractivity (Wildman–Crippen MR) is 83.4 cm³/mol. The molecular weight excluding hydrogens is 306 g/mol. The first-order chi connectivity index (χ1) is 10.5. The molecule has 2 aliphatic rings. The second-order valence-corrected chi connectivity index (χ2v) is 7.51. The Labute approximate surface area is 130 Å². The van der Waals surface area contributed by atoms with E-state index in [0.717, 1.165) is 31.6 Å². The molecule has 0 amide bonds. The van der Waals surface area contributed by atoms with Crippen LogP contribution in [0.15, 0.2) is 18.3 Å². The van der Waals surface area contributed by atoms with Crippen LogP contribution in [0, 0.1) is 0 Å². The van der Waals surface area contributed by atoms with Crippen LogP contribution in [0.1, 0.15) is 19.8 Å². The van der Waals surface area contributed by atoms with Gasteiger partial charge < -0.3 is 14.4 Å². The van der Waals surface area contributed by atoms with E-state index in [1.165, 1.54) is 0 Å². The lowest BCUT2D eigenvalue weighted by atomic mass is 10.0. The molecule has 0 unspecified atom stereocenters. The third-order valence-corrected chi connectivity index (χ3v) is 5.37. The molecule has 2 fully saturated rings. The minimum absolute atomic E-state index is 0.0324. The summed E-state index contributed by atoms with van der Waals surface area (Å²) in [6.07, 6.45) is 3.36. The molecule has 122 valence electrons. The Morgan fingerprint density at radius 1 is 1.27 bits per heavy atom. The fourth-order valence-corrected chi connectivity index (χ4v) is 3.34. The molecule has 1 spiro atoms. The summed E-state index contributed by atoms with van der Waals surface area (Å²) in [5.41, 5.74) is 0.979. The summed E-state index contributed by atoms with van der Waals surface area (Å²) < 4.78 is 36.9. The summed E-state index contributed by atoms with van der Waals surface area (Å²) in [5, 5.41) is 0. The number of ether oxygens (including phenoxy) is 2. The second-order valence-electron chi connectivity index (χ2n) is 5.50. The maximum absolute atomic E-state index is 11.5. The average molecular weight is 327 g/mol. The first-order valence-corrected chi connectivity index (χ1v) is 9.17. The van der Waals surface area contributed by atoms with Gasteiger partial charge in [0.05, 0.1) is 30.9 Å². The number of piperidine rings is 1. The van der Waals surface area contributed by atoms with Crippen molar-refractivity contribution in [3.63, 3.8) is 0 Å². The molecule has 1 aromatic rings. The molecule has 2 saturated heterocycles. The van der Waals surface area contributed by atoms with Crippen molar-refractivity contribution < 1.29 is 17.9 Å². The average Bonchev–Trinajstić information content (AvgIpc) is 2.97. The number of nitrogens with zero attached hydrogens (tertiary/aromatic N) is 2. The third kappa shape index (κ3) is 3.34. The largest absolute Gasteiger partial charge is 0.370 e. The maximum atomic E-state index is 11.5. The summed E-state index contributed by atoms with van der Waals surface area (Å²) >= 11 is 0. The highest BCUT2D eigenvalue weighted by Crippen LogP contribution is 2.33. The Morgan fingerprint density at radius 2 is 1.95 bits per heavy atom. The van der Waals surface area contributed by atoms with E-state index in [-0.39, 0.29) is 11.5 Å². The lowest BCUT2D eigenvalue weighted by Crippen LogP contribution is -2.45. The van der Waals surface area contributed by atoms with Crippen LogP contribution in [0.2, 0.25) is 0 Å². The first-order valence-electron chi connectivity index (χ1n) is 7.51. The van der Waals surface area contributed by atoms with E-state index in [4.69, 9.17) is 9.47 Å². The van der Waals surface area contributed by atoms with Gasteiger partial charge in [-0.05, 0) is 19.1 Å². The Hall–Kier alpha value is -1.38. The zero-order valence-electron chi connectivity index (χ0n) is 12.6. The van der Waals surface area contributed by atoms with Crippen molar-refractivity contribution in [2.75, 3.05) is 41.7 Å². The molecule has 0 bridgehead atoms. The van der Waals surface area contributed by atoms with Gasteiger partial charge in [0.1, 0.15) is 5.82 Å². The number of sulfonamides is 1. The van der Waals surface area contributed by atoms with E-state index in [2.05, 4.69) is 14.6 Å². The van der Waals surface area contributed by atoms with Crippen LogP contribution in [-0.4, -0.2) is 51.2 Å². The normalized spacial score (nSPS) is 21.2. The molecule has 8 heteroatoms. The van der Waals surface area contributed by atoms with Crippen LogP contribution >= 0.6 is 0 Å². The lowest BCUT2D eigenvalue weighted by molar-refractivity contribution is -0.169. The van der Waals surface area contributed by atoms with Crippen molar-refractivity contribution in [1.82, 2.24) is 4.98 Å². The van der Waals surface area contributed by atoms with Crippen LogP contribution in [0.4, 0.5) is 11.5 Å². The fraction of sp³-hybridized carbons (Fsp3) is 0.643. The van der Waals surface area contributed by atoms with E-state index in [0.29, 0.717) is 19.0 Å². The molecule has 0 atom stereocenters. The molecule has 3 heterocycles. The van der Waals surface area contributed by atoms with Crippen molar-refractivity contribution in [2.45, 2.75) is 25.6 Å². The summed E-state index contributed by atoms with van der Waals surface area (Å²) in [6.45, 7) is 4.61. The van der Waals surface area contributed by atoms with E-state index in [1.807, 2.05) is 6.07 Å². The van der Waals surface area contributed by atoms with Crippen LogP contribution in [0.5, 0.6) is 0 Å². The summed E-state index contributed by atoms with van der Waals surface area (Å²) in [4.78, 5) is 6.39. The summed E-state index contributed by atoms with van der Waals surface area (Å²) in [7, 11) is -3.28. The van der Waals surface area contributed by atoms with Gasteiger partial charge in [0.25, 0.3) is 0 Å². The van der Waals surface area contributed by atoms with Gasteiger partial charge in [0.15, 0.2) is 5.79 Å². The molecule has 0 saturated carbocycles. The van der Waals surface area contributed by atoms with Crippen LogP contribution in [0.25, 0.3) is 0 Å². The number of nitrogens with one attached hydrogen (secondary N) is 1. The van der Waals surface area contributed by atoms with Gasteiger partial charge >= 0.3 is 0 Å². The van der Waals surface area contributed by atoms with Crippen molar-refractivity contribution in [1.29, 1.82) is 0 Å². The van der Waals surface area contributed by atoms with Crippen molar-refractivity contribution >= 4 is 21.5 Å². The maximum Gasteiger partial charge on any atom is 0.233 e. The quantitative estimate of drug-likeness (QED) is 0.894. The highest BCUT2D eigenvalue weighted by atomic mass is 32.2. The van der Waals surface area contributed by atoms with Crippen LogP contribution < -0.4 is 9.62 Å². The van der Waals surface area contributed by atoms with Crippen LogP contribution in [-0.2, 0) is 19.5 Å². The smallest absolute Gasteiger partial charge is 0.233 e. The minimum Gasteiger partial charge on any atom is -0.370 e. The molecule has 7 nitrogen and oxygen atoms in total. The number of hydrogen-bond donors (Lipinski definition) is 1. The van der Waals surface area contributed by atoms with Gasteiger partial charge in [0.2, 0.25) is 10.0 Å².